The minimum Gasteiger partial charge on any atom is -0.356 e. The standard InChI is InChI=1S/C28H34F3N5O3/c1-18-13-24(28(29,30)31)33-36(18)17-25(37)35-11-6-2-5-10-32-26(38)22-14-21(15-23(22)35)27(39)34-12-9-19-7-3-4-8-20(19)16-34/h3-4,7-8,13,21-23H,2,5-6,9-12,14-17H2,1H3,(H,32,38)/t21-,22-,23+/m0/s1. The maximum absolute atomic E-state index is 13.6. The summed E-state index contributed by atoms with van der Waals surface area (Å²) in [6, 6.07) is 8.48. The molecule has 2 fully saturated rings. The van der Waals surface area contributed by atoms with Crippen LogP contribution in [0.5, 0.6) is 0 Å². The normalized spacial score (nSPS) is 24.1. The van der Waals surface area contributed by atoms with Gasteiger partial charge in [-0.3, -0.25) is 19.1 Å². The van der Waals surface area contributed by atoms with Gasteiger partial charge in [0.2, 0.25) is 17.7 Å². The fourth-order valence-electron chi connectivity index (χ4n) is 6.22. The molecule has 0 bridgehead atoms. The molecular weight excluding hydrogens is 511 g/mol. The maximum Gasteiger partial charge on any atom is 0.435 e. The molecular formula is C28H34F3N5O3. The van der Waals surface area contributed by atoms with Crippen molar-refractivity contribution in [2.75, 3.05) is 19.6 Å². The smallest absolute Gasteiger partial charge is 0.356 e. The van der Waals surface area contributed by atoms with Crippen LogP contribution in [0.25, 0.3) is 0 Å². The lowest BCUT2D eigenvalue weighted by molar-refractivity contribution is -0.143. The molecule has 0 radical (unpaired) electrons. The highest BCUT2D eigenvalue weighted by atomic mass is 19.4. The Balaban J connectivity index is 1.36. The summed E-state index contributed by atoms with van der Waals surface area (Å²) in [5, 5.41) is 6.59. The van der Waals surface area contributed by atoms with Gasteiger partial charge in [0.25, 0.3) is 0 Å². The van der Waals surface area contributed by atoms with Crippen molar-refractivity contribution >= 4 is 17.7 Å². The zero-order valence-electron chi connectivity index (χ0n) is 22.0. The molecule has 2 aliphatic heterocycles. The van der Waals surface area contributed by atoms with Crippen molar-refractivity contribution in [1.82, 2.24) is 24.9 Å². The van der Waals surface area contributed by atoms with Crippen LogP contribution in [0.1, 0.15) is 54.6 Å². The molecule has 5 rings (SSSR count). The Hall–Kier alpha value is -3.37. The molecule has 0 spiro atoms. The van der Waals surface area contributed by atoms with Crippen LogP contribution in [0.2, 0.25) is 0 Å². The quantitative estimate of drug-likeness (QED) is 0.641. The summed E-state index contributed by atoms with van der Waals surface area (Å²) in [6.45, 7) is 3.19. The molecule has 1 aliphatic carbocycles. The highest BCUT2D eigenvalue weighted by Gasteiger charge is 2.47. The molecule has 0 unspecified atom stereocenters. The zero-order chi connectivity index (χ0) is 27.7. The number of alkyl halides is 3. The van der Waals surface area contributed by atoms with E-state index >= 15 is 0 Å². The lowest BCUT2D eigenvalue weighted by Crippen LogP contribution is -2.49. The molecule has 11 heteroatoms. The summed E-state index contributed by atoms with van der Waals surface area (Å²) in [5.74, 6) is -1.53. The van der Waals surface area contributed by atoms with Crippen LogP contribution in [0, 0.1) is 18.8 Å². The number of nitrogens with one attached hydrogen (secondary N) is 1. The van der Waals surface area contributed by atoms with Gasteiger partial charge in [-0.25, -0.2) is 0 Å². The zero-order valence-corrected chi connectivity index (χ0v) is 22.0. The minimum atomic E-state index is -4.60. The highest BCUT2D eigenvalue weighted by Crippen LogP contribution is 2.38. The van der Waals surface area contributed by atoms with Gasteiger partial charge in [-0.1, -0.05) is 24.3 Å². The van der Waals surface area contributed by atoms with Gasteiger partial charge in [-0.2, -0.15) is 18.3 Å². The van der Waals surface area contributed by atoms with Crippen LogP contribution in [0.4, 0.5) is 13.2 Å². The summed E-state index contributed by atoms with van der Waals surface area (Å²) in [5.41, 5.74) is 1.55. The number of nitrogens with zero attached hydrogens (tertiary/aromatic N) is 4. The van der Waals surface area contributed by atoms with E-state index in [1.807, 2.05) is 23.1 Å². The number of hydrogen-bond acceptors (Lipinski definition) is 4. The van der Waals surface area contributed by atoms with Gasteiger partial charge in [0, 0.05) is 43.8 Å². The largest absolute Gasteiger partial charge is 0.435 e. The third kappa shape index (κ3) is 5.81. The number of fused-ring (bicyclic) bond motifs is 2. The Bertz CT molecular complexity index is 1240. The van der Waals surface area contributed by atoms with Gasteiger partial charge < -0.3 is 15.1 Å². The number of carbonyl (C=O) groups excluding carboxylic acids is 3. The molecule has 1 aromatic heterocycles. The Morgan fingerprint density at radius 2 is 1.85 bits per heavy atom. The minimum absolute atomic E-state index is 0.00943. The second-order valence-corrected chi connectivity index (χ2v) is 10.9. The van der Waals surface area contributed by atoms with Crippen LogP contribution in [0.3, 0.4) is 0 Å². The van der Waals surface area contributed by atoms with E-state index in [9.17, 15) is 27.6 Å². The van der Waals surface area contributed by atoms with Crippen molar-refractivity contribution in [2.24, 2.45) is 11.8 Å². The molecule has 8 nitrogen and oxygen atoms in total. The van der Waals surface area contributed by atoms with Gasteiger partial charge >= 0.3 is 6.18 Å². The molecule has 3 atom stereocenters. The number of amides is 3. The van der Waals surface area contributed by atoms with E-state index in [0.29, 0.717) is 45.4 Å². The third-order valence-electron chi connectivity index (χ3n) is 8.31. The topological polar surface area (TPSA) is 87.5 Å². The first-order valence-electron chi connectivity index (χ1n) is 13.7. The lowest BCUT2D eigenvalue weighted by atomic mass is 9.97. The van der Waals surface area contributed by atoms with E-state index in [4.69, 9.17) is 0 Å². The predicted octanol–water partition coefficient (Wildman–Crippen LogP) is 3.32. The SMILES string of the molecule is Cc1cc(C(F)(F)F)nn1CC(=O)N1CCCCCNC(=O)[C@H]2C[C@H](C(=O)N3CCc4ccccc4C3)C[C@H]21. The highest BCUT2D eigenvalue weighted by molar-refractivity contribution is 5.85. The molecule has 1 aromatic carbocycles. The number of aryl methyl sites for hydroxylation is 1. The van der Waals surface area contributed by atoms with Gasteiger partial charge in [-0.15, -0.1) is 0 Å². The average Bonchev–Trinajstić information content (AvgIpc) is 3.51. The van der Waals surface area contributed by atoms with Gasteiger partial charge in [0.15, 0.2) is 5.69 Å². The number of carbonyl (C=O) groups is 3. The third-order valence-corrected chi connectivity index (χ3v) is 8.31. The molecule has 210 valence electrons. The van der Waals surface area contributed by atoms with Crippen molar-refractivity contribution in [3.63, 3.8) is 0 Å². The number of halogens is 3. The van der Waals surface area contributed by atoms with Gasteiger partial charge in [0.05, 0.1) is 5.92 Å². The summed E-state index contributed by atoms with van der Waals surface area (Å²) in [6.07, 6.45) is -0.853. The van der Waals surface area contributed by atoms with Crippen molar-refractivity contribution < 1.29 is 27.6 Å². The molecule has 39 heavy (non-hydrogen) atoms. The van der Waals surface area contributed by atoms with E-state index in [0.717, 1.165) is 35.6 Å². The fraction of sp³-hybridized carbons (Fsp3) is 0.571. The molecule has 2 aromatic rings. The molecule has 3 amide bonds. The van der Waals surface area contributed by atoms with E-state index in [-0.39, 0.29) is 24.1 Å². The van der Waals surface area contributed by atoms with Crippen molar-refractivity contribution in [3.8, 4) is 0 Å². The molecule has 1 N–H and O–H groups in total. The second-order valence-electron chi connectivity index (χ2n) is 10.9. The molecule has 3 aliphatic rings. The van der Waals surface area contributed by atoms with Crippen LogP contribution in [-0.4, -0.2) is 63.0 Å². The average molecular weight is 546 g/mol. The van der Waals surface area contributed by atoms with Crippen molar-refractivity contribution in [2.45, 2.75) is 70.8 Å². The first kappa shape index (κ1) is 27.2. The summed E-state index contributed by atoms with van der Waals surface area (Å²) < 4.78 is 40.6. The number of rotatable bonds is 3. The first-order valence-corrected chi connectivity index (χ1v) is 13.7. The molecule has 3 heterocycles. The van der Waals surface area contributed by atoms with Crippen LogP contribution < -0.4 is 5.32 Å². The molecule has 1 saturated heterocycles. The van der Waals surface area contributed by atoms with Crippen LogP contribution in [0.15, 0.2) is 30.3 Å². The summed E-state index contributed by atoms with van der Waals surface area (Å²) in [4.78, 5) is 43.9. The number of aromatic nitrogens is 2. The Morgan fingerprint density at radius 1 is 1.08 bits per heavy atom. The van der Waals surface area contributed by atoms with Gasteiger partial charge in [-0.05, 0) is 62.6 Å². The van der Waals surface area contributed by atoms with Crippen LogP contribution in [-0.2, 0) is 40.1 Å². The number of benzene rings is 1. The maximum atomic E-state index is 13.6. The van der Waals surface area contributed by atoms with E-state index in [2.05, 4.69) is 16.5 Å². The monoisotopic (exact) mass is 545 g/mol. The Labute approximate surface area is 225 Å². The van der Waals surface area contributed by atoms with Crippen molar-refractivity contribution in [1.29, 1.82) is 0 Å². The van der Waals surface area contributed by atoms with Gasteiger partial charge in [0.1, 0.15) is 6.54 Å². The fourth-order valence-corrected chi connectivity index (χ4v) is 6.22. The first-order chi connectivity index (χ1) is 18.6. The summed E-state index contributed by atoms with van der Waals surface area (Å²) >= 11 is 0. The van der Waals surface area contributed by atoms with Crippen molar-refractivity contribution in [3.05, 3.63) is 52.8 Å². The predicted molar refractivity (Wildman–Crippen MR) is 136 cm³/mol. The number of hydrogen-bond donors (Lipinski definition) is 1. The Morgan fingerprint density at radius 3 is 2.59 bits per heavy atom. The van der Waals surface area contributed by atoms with E-state index in [1.165, 1.54) is 12.5 Å². The molecule has 1 saturated carbocycles. The van der Waals surface area contributed by atoms with Crippen LogP contribution >= 0.6 is 0 Å². The van der Waals surface area contributed by atoms with E-state index < -0.39 is 35.7 Å². The lowest BCUT2D eigenvalue weighted by Gasteiger charge is -2.34. The second kappa shape index (κ2) is 11.0. The Kier molecular flexibility index (Phi) is 7.68. The van der Waals surface area contributed by atoms with E-state index in [1.54, 1.807) is 4.90 Å². The summed E-state index contributed by atoms with van der Waals surface area (Å²) in [7, 11) is 0.